The largest absolute Gasteiger partial charge is 0.322 e. The molecule has 0 aliphatic heterocycles. The summed E-state index contributed by atoms with van der Waals surface area (Å²) in [4.78, 5) is 25.0. The van der Waals surface area contributed by atoms with Gasteiger partial charge in [-0.1, -0.05) is 40.2 Å². The molecule has 0 saturated carbocycles. The van der Waals surface area contributed by atoms with Crippen molar-refractivity contribution in [3.8, 4) is 0 Å². The maximum Gasteiger partial charge on any atom is 0.255 e. The number of halogens is 1. The molecule has 0 saturated heterocycles. The number of hydrogen-bond donors (Lipinski definition) is 2. The van der Waals surface area contributed by atoms with E-state index in [4.69, 9.17) is 0 Å². The van der Waals surface area contributed by atoms with E-state index >= 15 is 0 Å². The number of rotatable bonds is 4. The van der Waals surface area contributed by atoms with Crippen molar-refractivity contribution in [1.29, 1.82) is 0 Å². The Hall–Kier alpha value is -2.92. The molecule has 0 bridgehead atoms. The maximum atomic E-state index is 12.6. The third-order valence-corrected chi connectivity index (χ3v) is 4.71. The van der Waals surface area contributed by atoms with Crippen molar-refractivity contribution < 1.29 is 9.59 Å². The predicted molar refractivity (Wildman–Crippen MR) is 112 cm³/mol. The van der Waals surface area contributed by atoms with Gasteiger partial charge in [0.15, 0.2) is 0 Å². The van der Waals surface area contributed by atoms with Gasteiger partial charge in [0.2, 0.25) is 0 Å². The number of carbonyl (C=O) groups is 2. The molecular weight excluding hydrogens is 404 g/mol. The fraction of sp³-hybridized carbons (Fsp3) is 0.0909. The Kier molecular flexibility index (Phi) is 5.72. The molecule has 0 aliphatic rings. The quantitative estimate of drug-likeness (QED) is 0.577. The van der Waals surface area contributed by atoms with Crippen molar-refractivity contribution >= 4 is 39.1 Å². The second-order valence-corrected chi connectivity index (χ2v) is 7.18. The van der Waals surface area contributed by atoms with Crippen molar-refractivity contribution in [3.63, 3.8) is 0 Å². The predicted octanol–water partition coefficient (Wildman–Crippen LogP) is 5.57. The summed E-state index contributed by atoms with van der Waals surface area (Å²) < 4.78 is 0.958. The van der Waals surface area contributed by atoms with Gasteiger partial charge in [0.05, 0.1) is 0 Å². The standard InChI is InChI=1S/C22H19BrN2O2/c1-14-8-9-17(22(27)24-19-11-10-18(23)12-15(19)2)13-20(14)25-21(26)16-6-4-3-5-7-16/h3-13H,1-2H3,(H,24,27)(H,25,26). The molecule has 2 N–H and O–H groups in total. The number of anilines is 2. The molecule has 0 spiro atoms. The molecule has 3 aromatic carbocycles. The highest BCUT2D eigenvalue weighted by atomic mass is 79.9. The van der Waals surface area contributed by atoms with Gasteiger partial charge in [-0.3, -0.25) is 9.59 Å². The van der Waals surface area contributed by atoms with Crippen LogP contribution in [0, 0.1) is 13.8 Å². The van der Waals surface area contributed by atoms with Gasteiger partial charge in [0.1, 0.15) is 0 Å². The lowest BCUT2D eigenvalue weighted by molar-refractivity contribution is 0.101. The summed E-state index contributed by atoms with van der Waals surface area (Å²) in [6.45, 7) is 3.82. The SMILES string of the molecule is Cc1cc(Br)ccc1NC(=O)c1ccc(C)c(NC(=O)c2ccccc2)c1. The second-order valence-electron chi connectivity index (χ2n) is 6.26. The summed E-state index contributed by atoms with van der Waals surface area (Å²) in [6, 6.07) is 19.9. The van der Waals surface area contributed by atoms with Crippen molar-refractivity contribution in [2.45, 2.75) is 13.8 Å². The van der Waals surface area contributed by atoms with Crippen molar-refractivity contribution in [1.82, 2.24) is 0 Å². The van der Waals surface area contributed by atoms with Crippen LogP contribution in [0.1, 0.15) is 31.8 Å². The van der Waals surface area contributed by atoms with Gasteiger partial charge >= 0.3 is 0 Å². The maximum absolute atomic E-state index is 12.6. The molecule has 0 atom stereocenters. The van der Waals surface area contributed by atoms with Gasteiger partial charge in [0, 0.05) is 27.0 Å². The van der Waals surface area contributed by atoms with Crippen LogP contribution in [0.5, 0.6) is 0 Å². The molecule has 3 aromatic rings. The first-order valence-electron chi connectivity index (χ1n) is 8.48. The minimum Gasteiger partial charge on any atom is -0.322 e. The summed E-state index contributed by atoms with van der Waals surface area (Å²) in [5, 5.41) is 5.79. The van der Waals surface area contributed by atoms with E-state index in [0.29, 0.717) is 16.8 Å². The number of aryl methyl sites for hydroxylation is 2. The first-order chi connectivity index (χ1) is 12.9. The number of benzene rings is 3. The molecular formula is C22H19BrN2O2. The Balaban J connectivity index is 1.80. The monoisotopic (exact) mass is 422 g/mol. The molecule has 0 fully saturated rings. The Morgan fingerprint density at radius 1 is 0.704 bits per heavy atom. The summed E-state index contributed by atoms with van der Waals surface area (Å²) in [5.41, 5.74) is 4.25. The molecule has 2 amide bonds. The summed E-state index contributed by atoms with van der Waals surface area (Å²) in [5.74, 6) is -0.435. The molecule has 27 heavy (non-hydrogen) atoms. The van der Waals surface area contributed by atoms with E-state index in [1.165, 1.54) is 0 Å². The van der Waals surface area contributed by atoms with Crippen molar-refractivity contribution in [2.75, 3.05) is 10.6 Å². The zero-order valence-electron chi connectivity index (χ0n) is 15.0. The van der Waals surface area contributed by atoms with E-state index in [1.54, 1.807) is 24.3 Å². The fourth-order valence-corrected chi connectivity index (χ4v) is 3.12. The van der Waals surface area contributed by atoms with Crippen LogP contribution in [-0.4, -0.2) is 11.8 Å². The first kappa shape index (κ1) is 18.9. The van der Waals surface area contributed by atoms with Gasteiger partial charge in [0.25, 0.3) is 11.8 Å². The lowest BCUT2D eigenvalue weighted by atomic mass is 10.1. The third-order valence-electron chi connectivity index (χ3n) is 4.22. The fourth-order valence-electron chi connectivity index (χ4n) is 2.64. The highest BCUT2D eigenvalue weighted by Gasteiger charge is 2.12. The van der Waals surface area contributed by atoms with Crippen molar-refractivity contribution in [2.24, 2.45) is 0 Å². The zero-order chi connectivity index (χ0) is 19.4. The first-order valence-corrected chi connectivity index (χ1v) is 9.28. The molecule has 5 heteroatoms. The summed E-state index contributed by atoms with van der Waals surface area (Å²) >= 11 is 3.41. The van der Waals surface area contributed by atoms with Crippen LogP contribution in [-0.2, 0) is 0 Å². The van der Waals surface area contributed by atoms with Crippen LogP contribution < -0.4 is 10.6 Å². The van der Waals surface area contributed by atoms with E-state index in [0.717, 1.165) is 21.3 Å². The Bertz CT molecular complexity index is 1000. The molecule has 0 aromatic heterocycles. The molecule has 0 heterocycles. The molecule has 0 unspecified atom stereocenters. The average Bonchev–Trinajstić information content (AvgIpc) is 2.66. The Morgan fingerprint density at radius 3 is 2.07 bits per heavy atom. The Morgan fingerprint density at radius 2 is 1.37 bits per heavy atom. The van der Waals surface area contributed by atoms with E-state index in [9.17, 15) is 9.59 Å². The van der Waals surface area contributed by atoms with E-state index < -0.39 is 0 Å². The van der Waals surface area contributed by atoms with Gasteiger partial charge in [-0.25, -0.2) is 0 Å². The van der Waals surface area contributed by atoms with E-state index in [-0.39, 0.29) is 11.8 Å². The zero-order valence-corrected chi connectivity index (χ0v) is 16.6. The Labute approximate surface area is 166 Å². The van der Waals surface area contributed by atoms with E-state index in [1.807, 2.05) is 56.3 Å². The van der Waals surface area contributed by atoms with Crippen LogP contribution in [0.15, 0.2) is 71.2 Å². The highest BCUT2D eigenvalue weighted by Crippen LogP contribution is 2.22. The van der Waals surface area contributed by atoms with Gasteiger partial charge in [-0.15, -0.1) is 0 Å². The van der Waals surface area contributed by atoms with Crippen LogP contribution in [0.4, 0.5) is 11.4 Å². The number of nitrogens with one attached hydrogen (secondary N) is 2. The third kappa shape index (κ3) is 4.63. The lowest BCUT2D eigenvalue weighted by Gasteiger charge is -2.12. The number of hydrogen-bond acceptors (Lipinski definition) is 2. The number of amides is 2. The van der Waals surface area contributed by atoms with Crippen molar-refractivity contribution in [3.05, 3.63) is 93.5 Å². The molecule has 136 valence electrons. The van der Waals surface area contributed by atoms with Crippen LogP contribution in [0.2, 0.25) is 0 Å². The number of carbonyl (C=O) groups excluding carboxylic acids is 2. The lowest BCUT2D eigenvalue weighted by Crippen LogP contribution is -2.16. The highest BCUT2D eigenvalue weighted by molar-refractivity contribution is 9.10. The topological polar surface area (TPSA) is 58.2 Å². The van der Waals surface area contributed by atoms with Gasteiger partial charge in [-0.05, 0) is 67.4 Å². The van der Waals surface area contributed by atoms with Crippen LogP contribution in [0.25, 0.3) is 0 Å². The molecule has 0 radical (unpaired) electrons. The molecule has 4 nitrogen and oxygen atoms in total. The van der Waals surface area contributed by atoms with E-state index in [2.05, 4.69) is 26.6 Å². The molecule has 3 rings (SSSR count). The minimum atomic E-state index is -0.226. The minimum absolute atomic E-state index is 0.208. The smallest absolute Gasteiger partial charge is 0.255 e. The molecule has 0 aliphatic carbocycles. The van der Waals surface area contributed by atoms with Crippen LogP contribution in [0.3, 0.4) is 0 Å². The van der Waals surface area contributed by atoms with Gasteiger partial charge in [-0.2, -0.15) is 0 Å². The average molecular weight is 423 g/mol. The summed E-state index contributed by atoms with van der Waals surface area (Å²) in [7, 11) is 0. The van der Waals surface area contributed by atoms with Gasteiger partial charge < -0.3 is 10.6 Å². The summed E-state index contributed by atoms with van der Waals surface area (Å²) in [6.07, 6.45) is 0. The second kappa shape index (κ2) is 8.18. The van der Waals surface area contributed by atoms with Crippen LogP contribution >= 0.6 is 15.9 Å². The normalized spacial score (nSPS) is 10.3.